The van der Waals surface area contributed by atoms with E-state index in [2.05, 4.69) is 21.6 Å². The minimum atomic E-state index is -0.295. The zero-order valence-corrected chi connectivity index (χ0v) is 14.7. The number of hydrogen-bond acceptors (Lipinski definition) is 4. The van der Waals surface area contributed by atoms with Crippen LogP contribution in [0.3, 0.4) is 0 Å². The van der Waals surface area contributed by atoms with Gasteiger partial charge in [0.15, 0.2) is 0 Å². The normalized spacial score (nSPS) is 21.4. The number of ether oxygens (including phenoxy) is 2. The molecule has 2 aliphatic rings. The van der Waals surface area contributed by atoms with Crippen LogP contribution in [0.5, 0.6) is 5.75 Å². The molecule has 7 heteroatoms. The summed E-state index contributed by atoms with van der Waals surface area (Å²) in [7, 11) is 0. The summed E-state index contributed by atoms with van der Waals surface area (Å²) in [5.74, 6) is 0.573. The van der Waals surface area contributed by atoms with E-state index < -0.39 is 0 Å². The maximum absolute atomic E-state index is 12.6. The molecule has 0 saturated carbocycles. The maximum Gasteiger partial charge on any atom is 0.271 e. The maximum atomic E-state index is 12.6. The molecule has 0 radical (unpaired) electrons. The Morgan fingerprint density at radius 3 is 2.92 bits per heavy atom. The predicted molar refractivity (Wildman–Crippen MR) is 93.0 cm³/mol. The van der Waals surface area contributed by atoms with Gasteiger partial charge in [0, 0.05) is 24.8 Å². The molecule has 2 aliphatic heterocycles. The second-order valence-corrected chi connectivity index (χ2v) is 7.17. The Bertz CT molecular complexity index is 799. The van der Waals surface area contributed by atoms with Crippen LogP contribution in [0.4, 0.5) is 0 Å². The molecule has 1 aromatic heterocycles. The van der Waals surface area contributed by atoms with Crippen molar-refractivity contribution in [2.24, 2.45) is 0 Å². The van der Waals surface area contributed by atoms with Gasteiger partial charge in [0.25, 0.3) is 5.91 Å². The van der Waals surface area contributed by atoms with Crippen LogP contribution in [0.15, 0.2) is 24.4 Å². The van der Waals surface area contributed by atoms with Crippen molar-refractivity contribution < 1.29 is 14.3 Å². The van der Waals surface area contributed by atoms with Crippen LogP contribution in [0.1, 0.15) is 46.9 Å². The average molecular weight is 362 g/mol. The second-order valence-electron chi connectivity index (χ2n) is 6.76. The molecule has 0 bridgehead atoms. The molecule has 1 fully saturated rings. The van der Waals surface area contributed by atoms with Gasteiger partial charge in [-0.15, -0.1) is 0 Å². The van der Waals surface area contributed by atoms with Crippen molar-refractivity contribution in [3.63, 3.8) is 0 Å². The second kappa shape index (κ2) is 6.35. The van der Waals surface area contributed by atoms with Crippen LogP contribution < -0.4 is 10.1 Å². The quantitative estimate of drug-likeness (QED) is 0.861. The Morgan fingerprint density at radius 1 is 1.40 bits per heavy atom. The first-order valence-electron chi connectivity index (χ1n) is 8.43. The SMILES string of the molecule is Cc1ccc2c(c1)C(NC(=O)c1[nH]ncc1Cl)CC1(CCOCC1)O2. The van der Waals surface area contributed by atoms with Gasteiger partial charge in [0.1, 0.15) is 17.0 Å². The first kappa shape index (κ1) is 16.4. The first-order chi connectivity index (χ1) is 12.1. The molecule has 1 unspecified atom stereocenters. The summed E-state index contributed by atoms with van der Waals surface area (Å²) in [5.41, 5.74) is 2.12. The van der Waals surface area contributed by atoms with Crippen LogP contribution in [-0.4, -0.2) is 34.9 Å². The van der Waals surface area contributed by atoms with Gasteiger partial charge in [-0.3, -0.25) is 9.89 Å². The largest absolute Gasteiger partial charge is 0.487 e. The third kappa shape index (κ3) is 3.12. The Kier molecular flexibility index (Phi) is 4.17. The van der Waals surface area contributed by atoms with Crippen molar-refractivity contribution in [1.29, 1.82) is 0 Å². The van der Waals surface area contributed by atoms with E-state index in [9.17, 15) is 4.79 Å². The van der Waals surface area contributed by atoms with Gasteiger partial charge in [-0.05, 0) is 13.0 Å². The highest BCUT2D eigenvalue weighted by Crippen LogP contribution is 2.44. The number of aromatic amines is 1. The Balaban J connectivity index is 1.66. The number of benzene rings is 1. The van der Waals surface area contributed by atoms with Gasteiger partial charge in [-0.1, -0.05) is 29.3 Å². The first-order valence-corrected chi connectivity index (χ1v) is 8.81. The number of nitrogens with one attached hydrogen (secondary N) is 2. The van der Waals surface area contributed by atoms with Crippen molar-refractivity contribution in [2.45, 2.75) is 37.8 Å². The molecule has 2 N–H and O–H groups in total. The molecular formula is C18H20ClN3O3. The molecule has 3 heterocycles. The fraction of sp³-hybridized carbons (Fsp3) is 0.444. The Hall–Kier alpha value is -2.05. The fourth-order valence-corrected chi connectivity index (χ4v) is 3.81. The topological polar surface area (TPSA) is 76.2 Å². The lowest BCUT2D eigenvalue weighted by atomic mass is 9.81. The third-order valence-corrected chi connectivity index (χ3v) is 5.26. The van der Waals surface area contributed by atoms with Crippen molar-refractivity contribution in [3.8, 4) is 5.75 Å². The lowest BCUT2D eigenvalue weighted by Crippen LogP contribution is -2.48. The molecule has 1 saturated heterocycles. The Labute approximate surface area is 150 Å². The lowest BCUT2D eigenvalue weighted by Gasteiger charge is -2.44. The van der Waals surface area contributed by atoms with Gasteiger partial charge < -0.3 is 14.8 Å². The summed E-state index contributed by atoms with van der Waals surface area (Å²) in [4.78, 5) is 12.6. The molecule has 2 aromatic rings. The summed E-state index contributed by atoms with van der Waals surface area (Å²) in [6.45, 7) is 3.38. The number of carbonyl (C=O) groups excluding carboxylic acids is 1. The van der Waals surface area contributed by atoms with Gasteiger partial charge in [-0.25, -0.2) is 0 Å². The van der Waals surface area contributed by atoms with Gasteiger partial charge in [0.2, 0.25) is 0 Å². The van der Waals surface area contributed by atoms with E-state index in [4.69, 9.17) is 21.1 Å². The zero-order valence-electron chi connectivity index (χ0n) is 14.0. The molecule has 1 amide bonds. The molecule has 6 nitrogen and oxygen atoms in total. The molecule has 25 heavy (non-hydrogen) atoms. The highest BCUT2D eigenvalue weighted by atomic mass is 35.5. The van der Waals surface area contributed by atoms with E-state index in [0.29, 0.717) is 24.7 Å². The van der Waals surface area contributed by atoms with Crippen LogP contribution in [0.2, 0.25) is 5.02 Å². The van der Waals surface area contributed by atoms with Crippen LogP contribution in [0, 0.1) is 6.92 Å². The smallest absolute Gasteiger partial charge is 0.271 e. The highest BCUT2D eigenvalue weighted by Gasteiger charge is 2.43. The number of aromatic nitrogens is 2. The summed E-state index contributed by atoms with van der Waals surface area (Å²) in [6, 6.07) is 5.94. The third-order valence-electron chi connectivity index (χ3n) is 4.97. The number of H-pyrrole nitrogens is 1. The van der Waals surface area contributed by atoms with E-state index in [1.165, 1.54) is 6.20 Å². The molecule has 1 aromatic carbocycles. The number of nitrogens with zero attached hydrogens (tertiary/aromatic N) is 1. The number of amides is 1. The van der Waals surface area contributed by atoms with Gasteiger partial charge in [0.05, 0.1) is 30.5 Å². The van der Waals surface area contributed by atoms with Crippen LogP contribution in [0.25, 0.3) is 0 Å². The molecule has 4 rings (SSSR count). The number of fused-ring (bicyclic) bond motifs is 1. The fourth-order valence-electron chi connectivity index (χ4n) is 3.63. The zero-order chi connectivity index (χ0) is 17.4. The van der Waals surface area contributed by atoms with E-state index in [-0.39, 0.29) is 23.2 Å². The van der Waals surface area contributed by atoms with Crippen molar-refractivity contribution in [1.82, 2.24) is 15.5 Å². The minimum absolute atomic E-state index is 0.145. The molecule has 132 valence electrons. The van der Waals surface area contributed by atoms with Crippen LogP contribution in [-0.2, 0) is 4.74 Å². The summed E-state index contributed by atoms with van der Waals surface area (Å²) in [5, 5.41) is 9.89. The van der Waals surface area contributed by atoms with Crippen molar-refractivity contribution >= 4 is 17.5 Å². The monoisotopic (exact) mass is 361 g/mol. The van der Waals surface area contributed by atoms with E-state index in [1.54, 1.807) is 0 Å². The summed E-state index contributed by atoms with van der Waals surface area (Å²) >= 11 is 6.02. The number of halogens is 1. The number of hydrogen-bond donors (Lipinski definition) is 2. The Morgan fingerprint density at radius 2 is 2.20 bits per heavy atom. The predicted octanol–water partition coefficient (Wildman–Crippen LogP) is 3.17. The molecule has 1 atom stereocenters. The van der Waals surface area contributed by atoms with Crippen molar-refractivity contribution in [2.75, 3.05) is 13.2 Å². The van der Waals surface area contributed by atoms with Gasteiger partial charge in [-0.2, -0.15) is 5.10 Å². The standard InChI is InChI=1S/C18H20ClN3O3/c1-11-2-3-15-12(8-11)14(9-18(25-15)4-6-24-7-5-18)21-17(23)16-13(19)10-20-22-16/h2-3,8,10,14H,4-7,9H2,1H3,(H,20,22)(H,21,23). The molecular weight excluding hydrogens is 342 g/mol. The minimum Gasteiger partial charge on any atom is -0.487 e. The molecule has 1 spiro atoms. The summed E-state index contributed by atoms with van der Waals surface area (Å²) in [6.07, 6.45) is 3.78. The average Bonchev–Trinajstić information content (AvgIpc) is 3.02. The lowest BCUT2D eigenvalue weighted by molar-refractivity contribution is -0.0639. The number of rotatable bonds is 2. The highest BCUT2D eigenvalue weighted by molar-refractivity contribution is 6.33. The summed E-state index contributed by atoms with van der Waals surface area (Å²) < 4.78 is 11.9. The number of aryl methyl sites for hydroxylation is 1. The van der Waals surface area contributed by atoms with Gasteiger partial charge >= 0.3 is 0 Å². The van der Waals surface area contributed by atoms with Crippen LogP contribution >= 0.6 is 11.6 Å². The number of carbonyl (C=O) groups is 1. The van der Waals surface area contributed by atoms with Crippen molar-refractivity contribution in [3.05, 3.63) is 46.2 Å². The van der Waals surface area contributed by atoms with E-state index >= 15 is 0 Å². The van der Waals surface area contributed by atoms with E-state index in [1.807, 2.05) is 19.1 Å². The molecule has 0 aliphatic carbocycles. The van der Waals surface area contributed by atoms with E-state index in [0.717, 1.165) is 29.7 Å².